The maximum atomic E-state index is 11.3. The molecule has 0 saturated carbocycles. The van der Waals surface area contributed by atoms with Crippen LogP contribution in [0.5, 0.6) is 5.75 Å². The average Bonchev–Trinajstić information content (AvgIpc) is 2.77. The summed E-state index contributed by atoms with van der Waals surface area (Å²) in [4.78, 5) is 16.6. The average molecular weight is 284 g/mol. The Balaban J connectivity index is 2.52. The minimum Gasteiger partial charge on any atom is -0.497 e. The number of thiophene rings is 1. The summed E-state index contributed by atoms with van der Waals surface area (Å²) in [6, 6.07) is 7.51. The van der Waals surface area contributed by atoms with E-state index in [1.54, 1.807) is 7.11 Å². The number of hydrogen-bond acceptors (Lipinski definition) is 5. The van der Waals surface area contributed by atoms with Crippen molar-refractivity contribution in [1.29, 1.82) is 0 Å². The lowest BCUT2D eigenvalue weighted by Crippen LogP contribution is -2.07. The molecule has 0 radical (unpaired) electrons. The number of carbonyl (C=O) groups excluding carboxylic acids is 1. The van der Waals surface area contributed by atoms with Crippen LogP contribution in [-0.2, 0) is 9.63 Å². The summed E-state index contributed by atoms with van der Waals surface area (Å²) >= 11 is 6.88. The quantitative estimate of drug-likeness (QED) is 0.492. The smallest absolute Gasteiger partial charge is 0.275 e. The second kappa shape index (κ2) is 5.37. The third-order valence-electron chi connectivity index (χ3n) is 2.33. The Labute approximate surface area is 113 Å². The SMILES string of the molecule is CO/N=C(/C(=O)Cl)c1cc2ccc(OC)cc2s1. The number of fused-ring (bicyclic) bond motifs is 1. The van der Waals surface area contributed by atoms with Crippen molar-refractivity contribution in [1.82, 2.24) is 0 Å². The highest BCUT2D eigenvalue weighted by Gasteiger charge is 2.16. The van der Waals surface area contributed by atoms with Crippen LogP contribution < -0.4 is 4.74 Å². The molecule has 1 aromatic carbocycles. The lowest BCUT2D eigenvalue weighted by molar-refractivity contribution is -0.106. The Bertz CT molecular complexity index is 621. The summed E-state index contributed by atoms with van der Waals surface area (Å²) in [5.41, 5.74) is 0.110. The zero-order chi connectivity index (χ0) is 13.1. The Morgan fingerprint density at radius 1 is 1.33 bits per heavy atom. The molecule has 0 aliphatic heterocycles. The van der Waals surface area contributed by atoms with E-state index in [2.05, 4.69) is 9.99 Å². The molecule has 6 heteroatoms. The second-order valence-electron chi connectivity index (χ2n) is 3.41. The van der Waals surface area contributed by atoms with E-state index >= 15 is 0 Å². The fraction of sp³-hybridized carbons (Fsp3) is 0.167. The van der Waals surface area contributed by atoms with E-state index in [9.17, 15) is 4.79 Å². The van der Waals surface area contributed by atoms with Crippen molar-refractivity contribution in [3.8, 4) is 5.75 Å². The maximum absolute atomic E-state index is 11.3. The molecule has 0 N–H and O–H groups in total. The van der Waals surface area contributed by atoms with Gasteiger partial charge in [0, 0.05) is 4.70 Å². The van der Waals surface area contributed by atoms with Gasteiger partial charge in [0.25, 0.3) is 5.24 Å². The fourth-order valence-electron chi connectivity index (χ4n) is 1.52. The van der Waals surface area contributed by atoms with E-state index in [4.69, 9.17) is 16.3 Å². The molecule has 2 aromatic rings. The predicted molar refractivity (Wildman–Crippen MR) is 72.8 cm³/mol. The molecule has 1 heterocycles. The van der Waals surface area contributed by atoms with Gasteiger partial charge in [-0.25, -0.2) is 0 Å². The number of nitrogens with zero attached hydrogens (tertiary/aromatic N) is 1. The first kappa shape index (κ1) is 12.9. The van der Waals surface area contributed by atoms with Gasteiger partial charge in [0.2, 0.25) is 0 Å². The molecule has 0 spiro atoms. The summed E-state index contributed by atoms with van der Waals surface area (Å²) in [6.45, 7) is 0. The zero-order valence-electron chi connectivity index (χ0n) is 9.77. The number of ether oxygens (including phenoxy) is 1. The van der Waals surface area contributed by atoms with Gasteiger partial charge in [-0.1, -0.05) is 5.16 Å². The van der Waals surface area contributed by atoms with E-state index in [0.29, 0.717) is 4.88 Å². The van der Waals surface area contributed by atoms with Crippen LogP contribution in [0.1, 0.15) is 4.88 Å². The molecule has 94 valence electrons. The van der Waals surface area contributed by atoms with Gasteiger partial charge in [0.1, 0.15) is 12.9 Å². The third-order valence-corrected chi connectivity index (χ3v) is 3.61. The number of hydrogen-bond donors (Lipinski definition) is 0. The summed E-state index contributed by atoms with van der Waals surface area (Å²) in [5, 5.41) is 4.00. The highest BCUT2D eigenvalue weighted by molar-refractivity contribution is 7.22. The van der Waals surface area contributed by atoms with Crippen molar-refractivity contribution in [2.75, 3.05) is 14.2 Å². The number of rotatable bonds is 4. The molecular weight excluding hydrogens is 274 g/mol. The van der Waals surface area contributed by atoms with Gasteiger partial charge < -0.3 is 9.57 Å². The van der Waals surface area contributed by atoms with Crippen LogP contribution in [0.2, 0.25) is 0 Å². The molecule has 18 heavy (non-hydrogen) atoms. The van der Waals surface area contributed by atoms with E-state index in [1.807, 2.05) is 24.3 Å². The first-order valence-electron chi connectivity index (χ1n) is 5.04. The topological polar surface area (TPSA) is 47.9 Å². The zero-order valence-corrected chi connectivity index (χ0v) is 11.3. The van der Waals surface area contributed by atoms with Gasteiger partial charge >= 0.3 is 0 Å². The van der Waals surface area contributed by atoms with E-state index < -0.39 is 5.24 Å². The molecule has 0 unspecified atom stereocenters. The van der Waals surface area contributed by atoms with Crippen LogP contribution in [0.15, 0.2) is 29.4 Å². The normalized spacial score (nSPS) is 11.6. The Kier molecular flexibility index (Phi) is 3.84. The molecule has 0 amide bonds. The highest BCUT2D eigenvalue weighted by atomic mass is 35.5. The van der Waals surface area contributed by atoms with Crippen LogP contribution in [0.25, 0.3) is 10.1 Å². The summed E-state index contributed by atoms with van der Waals surface area (Å²) in [7, 11) is 2.98. The van der Waals surface area contributed by atoms with E-state index in [-0.39, 0.29) is 5.71 Å². The standard InChI is InChI=1S/C12H10ClNO3S/c1-16-8-4-3-7-5-10(18-9(7)6-8)11(12(13)15)14-17-2/h3-6H,1-2H3/b14-11+. The lowest BCUT2D eigenvalue weighted by atomic mass is 10.2. The monoisotopic (exact) mass is 283 g/mol. The summed E-state index contributed by atoms with van der Waals surface area (Å²) < 4.78 is 6.14. The van der Waals surface area contributed by atoms with Gasteiger partial charge in [0.05, 0.1) is 12.0 Å². The minimum absolute atomic E-state index is 0.110. The molecule has 4 nitrogen and oxygen atoms in total. The largest absolute Gasteiger partial charge is 0.497 e. The van der Waals surface area contributed by atoms with Crippen molar-refractivity contribution in [2.24, 2.45) is 5.16 Å². The molecule has 1 aromatic heterocycles. The van der Waals surface area contributed by atoms with Gasteiger partial charge in [-0.2, -0.15) is 0 Å². The molecular formula is C12H10ClNO3S. The highest BCUT2D eigenvalue weighted by Crippen LogP contribution is 2.29. The molecule has 2 rings (SSSR count). The van der Waals surface area contributed by atoms with Crippen molar-refractivity contribution in [3.63, 3.8) is 0 Å². The van der Waals surface area contributed by atoms with Crippen LogP contribution in [0.4, 0.5) is 0 Å². The predicted octanol–water partition coefficient (Wildman–Crippen LogP) is 3.03. The number of benzene rings is 1. The summed E-state index contributed by atoms with van der Waals surface area (Å²) in [5.74, 6) is 0.762. The molecule has 0 fully saturated rings. The number of halogens is 1. The van der Waals surface area contributed by atoms with Crippen molar-refractivity contribution in [2.45, 2.75) is 0 Å². The van der Waals surface area contributed by atoms with Crippen LogP contribution in [-0.4, -0.2) is 25.2 Å². The van der Waals surface area contributed by atoms with Gasteiger partial charge in [-0.05, 0) is 41.3 Å². The molecule has 0 saturated heterocycles. The first-order chi connectivity index (χ1) is 8.65. The van der Waals surface area contributed by atoms with E-state index in [1.165, 1.54) is 18.4 Å². The van der Waals surface area contributed by atoms with Crippen LogP contribution in [0, 0.1) is 0 Å². The third kappa shape index (κ3) is 2.47. The number of carbonyl (C=O) groups is 1. The van der Waals surface area contributed by atoms with Gasteiger partial charge in [-0.3, -0.25) is 4.79 Å². The van der Waals surface area contributed by atoms with E-state index in [0.717, 1.165) is 15.8 Å². The van der Waals surface area contributed by atoms with Crippen LogP contribution >= 0.6 is 22.9 Å². The van der Waals surface area contributed by atoms with Gasteiger partial charge in [0.15, 0.2) is 5.71 Å². The van der Waals surface area contributed by atoms with Crippen LogP contribution in [0.3, 0.4) is 0 Å². The second-order valence-corrected chi connectivity index (χ2v) is 4.84. The number of oxime groups is 1. The molecule has 0 aliphatic rings. The Morgan fingerprint density at radius 2 is 2.11 bits per heavy atom. The van der Waals surface area contributed by atoms with Crippen molar-refractivity contribution < 1.29 is 14.4 Å². The fourth-order valence-corrected chi connectivity index (χ4v) is 2.79. The van der Waals surface area contributed by atoms with Crippen molar-refractivity contribution >= 4 is 44.0 Å². The molecule has 0 atom stereocenters. The number of methoxy groups -OCH3 is 1. The molecule has 0 bridgehead atoms. The summed E-state index contributed by atoms with van der Waals surface area (Å²) in [6.07, 6.45) is 0. The Hall–Kier alpha value is -1.59. The van der Waals surface area contributed by atoms with Crippen molar-refractivity contribution in [3.05, 3.63) is 29.1 Å². The first-order valence-corrected chi connectivity index (χ1v) is 6.24. The van der Waals surface area contributed by atoms with Gasteiger partial charge in [-0.15, -0.1) is 11.3 Å². The molecule has 0 aliphatic carbocycles. The Morgan fingerprint density at radius 3 is 2.72 bits per heavy atom. The lowest BCUT2D eigenvalue weighted by Gasteiger charge is -1.97. The maximum Gasteiger partial charge on any atom is 0.275 e. The minimum atomic E-state index is -0.643.